The third kappa shape index (κ3) is 3.86. The standard InChI is InChI=1S/C22H21N5O/c1-14-7-8-15(2)19(11-14)24-20-9-10-21(27-26-20)25-22(28)12-16-13-23-18-6-4-3-5-17(16)18/h3-11,13,23H,12H2,1-2H3,(H,24,26)(H,25,27,28). The number of nitrogens with zero attached hydrogens (tertiary/aromatic N) is 2. The van der Waals surface area contributed by atoms with Gasteiger partial charge in [-0.2, -0.15) is 0 Å². The van der Waals surface area contributed by atoms with E-state index >= 15 is 0 Å². The number of hydrogen-bond acceptors (Lipinski definition) is 4. The van der Waals surface area contributed by atoms with Crippen LogP contribution in [0.5, 0.6) is 0 Å². The van der Waals surface area contributed by atoms with Crippen molar-refractivity contribution in [2.75, 3.05) is 10.6 Å². The molecule has 0 atom stereocenters. The summed E-state index contributed by atoms with van der Waals surface area (Å²) in [6.45, 7) is 4.08. The van der Waals surface area contributed by atoms with Gasteiger partial charge in [-0.05, 0) is 54.8 Å². The predicted molar refractivity (Wildman–Crippen MR) is 112 cm³/mol. The van der Waals surface area contributed by atoms with Crippen molar-refractivity contribution >= 4 is 34.1 Å². The molecule has 0 aliphatic carbocycles. The quantitative estimate of drug-likeness (QED) is 0.482. The van der Waals surface area contributed by atoms with Gasteiger partial charge in [0, 0.05) is 22.8 Å². The maximum absolute atomic E-state index is 12.4. The SMILES string of the molecule is Cc1ccc(C)c(Nc2ccc(NC(=O)Cc3c[nH]c4ccccc34)nn2)c1. The molecule has 0 aliphatic rings. The van der Waals surface area contributed by atoms with Crippen LogP contribution < -0.4 is 10.6 Å². The van der Waals surface area contributed by atoms with Crippen LogP contribution in [0.2, 0.25) is 0 Å². The monoisotopic (exact) mass is 371 g/mol. The van der Waals surface area contributed by atoms with Crippen LogP contribution in [-0.2, 0) is 11.2 Å². The summed E-state index contributed by atoms with van der Waals surface area (Å²) in [5.41, 5.74) is 5.26. The van der Waals surface area contributed by atoms with Crippen LogP contribution in [0.4, 0.5) is 17.3 Å². The van der Waals surface area contributed by atoms with Crippen molar-refractivity contribution in [2.24, 2.45) is 0 Å². The summed E-state index contributed by atoms with van der Waals surface area (Å²) < 4.78 is 0. The Morgan fingerprint density at radius 2 is 1.79 bits per heavy atom. The summed E-state index contributed by atoms with van der Waals surface area (Å²) in [5.74, 6) is 0.925. The first kappa shape index (κ1) is 17.7. The Bertz CT molecular complexity index is 1130. The molecule has 4 aromatic rings. The number of aryl methyl sites for hydroxylation is 2. The molecular weight excluding hydrogens is 350 g/mol. The lowest BCUT2D eigenvalue weighted by molar-refractivity contribution is -0.115. The molecule has 2 heterocycles. The largest absolute Gasteiger partial charge is 0.361 e. The molecule has 140 valence electrons. The van der Waals surface area contributed by atoms with Gasteiger partial charge >= 0.3 is 0 Å². The van der Waals surface area contributed by atoms with Gasteiger partial charge in [-0.3, -0.25) is 4.79 Å². The van der Waals surface area contributed by atoms with E-state index in [1.165, 1.54) is 5.56 Å². The molecule has 0 saturated heterocycles. The van der Waals surface area contributed by atoms with Gasteiger partial charge in [0.2, 0.25) is 5.91 Å². The van der Waals surface area contributed by atoms with Gasteiger partial charge in [-0.15, -0.1) is 10.2 Å². The average Bonchev–Trinajstić information content (AvgIpc) is 3.09. The van der Waals surface area contributed by atoms with Crippen molar-refractivity contribution in [3.63, 3.8) is 0 Å². The number of aromatic nitrogens is 3. The Kier molecular flexibility index (Phi) is 4.76. The van der Waals surface area contributed by atoms with Gasteiger partial charge in [0.15, 0.2) is 11.6 Å². The second kappa shape index (κ2) is 7.52. The fraction of sp³-hybridized carbons (Fsp3) is 0.136. The number of nitrogens with one attached hydrogen (secondary N) is 3. The smallest absolute Gasteiger partial charge is 0.230 e. The lowest BCUT2D eigenvalue weighted by Gasteiger charge is -2.10. The molecule has 6 heteroatoms. The maximum Gasteiger partial charge on any atom is 0.230 e. The first-order valence-electron chi connectivity index (χ1n) is 9.11. The van der Waals surface area contributed by atoms with E-state index in [2.05, 4.69) is 44.0 Å². The van der Waals surface area contributed by atoms with Crippen molar-refractivity contribution < 1.29 is 4.79 Å². The summed E-state index contributed by atoms with van der Waals surface area (Å²) in [4.78, 5) is 15.6. The minimum absolute atomic E-state index is 0.130. The van der Waals surface area contributed by atoms with Gasteiger partial charge in [0.1, 0.15) is 0 Å². The van der Waals surface area contributed by atoms with E-state index in [9.17, 15) is 4.79 Å². The summed E-state index contributed by atoms with van der Waals surface area (Å²) in [6.07, 6.45) is 2.14. The summed E-state index contributed by atoms with van der Waals surface area (Å²) >= 11 is 0. The lowest BCUT2D eigenvalue weighted by atomic mass is 10.1. The number of para-hydroxylation sites is 1. The van der Waals surface area contributed by atoms with Gasteiger partial charge < -0.3 is 15.6 Å². The van der Waals surface area contributed by atoms with Crippen LogP contribution in [0.15, 0.2) is 60.8 Å². The van der Waals surface area contributed by atoms with Crippen molar-refractivity contribution in [3.8, 4) is 0 Å². The Morgan fingerprint density at radius 1 is 1.00 bits per heavy atom. The van der Waals surface area contributed by atoms with Crippen LogP contribution in [0, 0.1) is 13.8 Å². The molecule has 2 aromatic heterocycles. The Hall–Kier alpha value is -3.67. The molecule has 2 aromatic carbocycles. The number of amides is 1. The summed E-state index contributed by atoms with van der Waals surface area (Å²) in [6, 6.07) is 17.7. The van der Waals surface area contributed by atoms with Gasteiger partial charge in [0.05, 0.1) is 6.42 Å². The fourth-order valence-electron chi connectivity index (χ4n) is 3.11. The number of carbonyl (C=O) groups excluding carboxylic acids is 1. The molecular formula is C22H21N5O. The van der Waals surface area contributed by atoms with Crippen LogP contribution in [0.1, 0.15) is 16.7 Å². The number of fused-ring (bicyclic) bond motifs is 1. The Balaban J connectivity index is 1.41. The van der Waals surface area contributed by atoms with Crippen LogP contribution in [0.3, 0.4) is 0 Å². The lowest BCUT2D eigenvalue weighted by Crippen LogP contribution is -2.15. The normalized spacial score (nSPS) is 10.8. The number of hydrogen-bond donors (Lipinski definition) is 3. The van der Waals surface area contributed by atoms with Crippen molar-refractivity contribution in [2.45, 2.75) is 20.3 Å². The van der Waals surface area contributed by atoms with E-state index in [0.29, 0.717) is 11.6 Å². The highest BCUT2D eigenvalue weighted by Crippen LogP contribution is 2.21. The highest BCUT2D eigenvalue weighted by molar-refractivity contribution is 5.95. The second-order valence-electron chi connectivity index (χ2n) is 6.83. The molecule has 0 spiro atoms. The fourth-order valence-corrected chi connectivity index (χ4v) is 3.11. The van der Waals surface area contributed by atoms with Gasteiger partial charge in [-0.25, -0.2) is 0 Å². The number of H-pyrrole nitrogens is 1. The molecule has 0 fully saturated rings. The van der Waals surface area contributed by atoms with E-state index in [1.807, 2.05) is 44.3 Å². The van der Waals surface area contributed by atoms with Gasteiger partial charge in [-0.1, -0.05) is 30.3 Å². The van der Waals surface area contributed by atoms with E-state index in [0.717, 1.165) is 27.7 Å². The van der Waals surface area contributed by atoms with Crippen molar-refractivity contribution in [3.05, 3.63) is 77.5 Å². The minimum atomic E-state index is -0.130. The molecule has 28 heavy (non-hydrogen) atoms. The molecule has 4 rings (SSSR count). The average molecular weight is 371 g/mol. The highest BCUT2D eigenvalue weighted by Gasteiger charge is 2.10. The summed E-state index contributed by atoms with van der Waals surface area (Å²) in [7, 11) is 0. The number of benzene rings is 2. The van der Waals surface area contributed by atoms with Crippen molar-refractivity contribution in [1.82, 2.24) is 15.2 Å². The second-order valence-corrected chi connectivity index (χ2v) is 6.83. The molecule has 0 saturated carbocycles. The van der Waals surface area contributed by atoms with Crippen molar-refractivity contribution in [1.29, 1.82) is 0 Å². The third-order valence-electron chi connectivity index (χ3n) is 4.61. The molecule has 0 aliphatic heterocycles. The molecule has 6 nitrogen and oxygen atoms in total. The van der Waals surface area contributed by atoms with Crippen LogP contribution in [0.25, 0.3) is 10.9 Å². The van der Waals surface area contributed by atoms with E-state index in [1.54, 1.807) is 12.1 Å². The zero-order valence-corrected chi connectivity index (χ0v) is 15.8. The van der Waals surface area contributed by atoms with Crippen LogP contribution >= 0.6 is 0 Å². The number of rotatable bonds is 5. The van der Waals surface area contributed by atoms with Gasteiger partial charge in [0.25, 0.3) is 0 Å². The topological polar surface area (TPSA) is 82.7 Å². The molecule has 0 unspecified atom stereocenters. The molecule has 0 radical (unpaired) electrons. The predicted octanol–water partition coefficient (Wildman–Crippen LogP) is 4.50. The minimum Gasteiger partial charge on any atom is -0.361 e. The number of carbonyl (C=O) groups is 1. The molecule has 1 amide bonds. The summed E-state index contributed by atoms with van der Waals surface area (Å²) in [5, 5.41) is 15.4. The first-order valence-corrected chi connectivity index (χ1v) is 9.11. The third-order valence-corrected chi connectivity index (χ3v) is 4.61. The Labute approximate surface area is 163 Å². The zero-order chi connectivity index (χ0) is 19.5. The van der Waals surface area contributed by atoms with E-state index < -0.39 is 0 Å². The number of anilines is 3. The van der Waals surface area contributed by atoms with Crippen LogP contribution in [-0.4, -0.2) is 21.1 Å². The van der Waals surface area contributed by atoms with E-state index in [4.69, 9.17) is 0 Å². The molecule has 0 bridgehead atoms. The highest BCUT2D eigenvalue weighted by atomic mass is 16.1. The zero-order valence-electron chi connectivity index (χ0n) is 15.8. The maximum atomic E-state index is 12.4. The Morgan fingerprint density at radius 3 is 2.61 bits per heavy atom. The van der Waals surface area contributed by atoms with E-state index in [-0.39, 0.29) is 12.3 Å². The first-order chi connectivity index (χ1) is 13.6. The molecule has 3 N–H and O–H groups in total. The number of aromatic amines is 1.